The van der Waals surface area contributed by atoms with Crippen molar-refractivity contribution in [1.82, 2.24) is 0 Å². The Morgan fingerprint density at radius 3 is 1.13 bits per heavy atom. The highest BCUT2D eigenvalue weighted by molar-refractivity contribution is 5.87. The number of hydrogen-bond acceptors (Lipinski definition) is 1. The Balaban J connectivity index is 1.08. The molecular formula is C52H41N. The molecule has 0 spiro atoms. The number of benzene rings is 8. The van der Waals surface area contributed by atoms with Crippen molar-refractivity contribution in [3.63, 3.8) is 0 Å². The summed E-state index contributed by atoms with van der Waals surface area (Å²) >= 11 is 0. The van der Waals surface area contributed by atoms with Crippen molar-refractivity contribution in [3.05, 3.63) is 223 Å². The van der Waals surface area contributed by atoms with E-state index in [1.54, 1.807) is 0 Å². The summed E-state index contributed by atoms with van der Waals surface area (Å²) < 4.78 is 0. The summed E-state index contributed by atoms with van der Waals surface area (Å²) in [5, 5.41) is 2.53. The third-order valence-electron chi connectivity index (χ3n) is 10.1. The Bertz CT molecular complexity index is 2510. The Labute approximate surface area is 313 Å². The van der Waals surface area contributed by atoms with E-state index in [-0.39, 0.29) is 0 Å². The lowest BCUT2D eigenvalue weighted by Crippen LogP contribution is -2.09. The average Bonchev–Trinajstić information content (AvgIpc) is 3.24. The maximum atomic E-state index is 2.34. The minimum Gasteiger partial charge on any atom is -0.311 e. The van der Waals surface area contributed by atoms with Crippen LogP contribution in [0.5, 0.6) is 0 Å². The minimum absolute atomic E-state index is 1.11. The van der Waals surface area contributed by atoms with Gasteiger partial charge >= 0.3 is 0 Å². The van der Waals surface area contributed by atoms with E-state index in [4.69, 9.17) is 0 Å². The van der Waals surface area contributed by atoms with Crippen LogP contribution >= 0.6 is 0 Å². The van der Waals surface area contributed by atoms with Crippen molar-refractivity contribution in [2.24, 2.45) is 0 Å². The molecule has 0 aromatic heterocycles. The van der Waals surface area contributed by atoms with Crippen LogP contribution in [0.15, 0.2) is 212 Å². The van der Waals surface area contributed by atoms with E-state index >= 15 is 0 Å². The SMILES string of the molecule is C/C(=C\C=C(/C)c1ccc2ccccc2c1)c1ccc(N(c2ccc(-c3ccccc3)cc2)c2ccc(-c3ccc(-c4ccccc4)cc3)cc2)cc1. The lowest BCUT2D eigenvalue weighted by atomic mass is 10.00. The quantitative estimate of drug-likeness (QED) is 0.137. The highest BCUT2D eigenvalue weighted by atomic mass is 15.1. The van der Waals surface area contributed by atoms with Gasteiger partial charge in [0.15, 0.2) is 0 Å². The van der Waals surface area contributed by atoms with Crippen LogP contribution < -0.4 is 4.90 Å². The summed E-state index contributed by atoms with van der Waals surface area (Å²) in [4.78, 5) is 2.34. The molecule has 53 heavy (non-hydrogen) atoms. The average molecular weight is 680 g/mol. The molecule has 0 saturated carbocycles. The second-order valence-corrected chi connectivity index (χ2v) is 13.5. The molecule has 0 fully saturated rings. The highest BCUT2D eigenvalue weighted by Crippen LogP contribution is 2.37. The molecule has 0 heterocycles. The van der Waals surface area contributed by atoms with E-state index in [1.165, 1.54) is 66.4 Å². The Morgan fingerprint density at radius 1 is 0.321 bits per heavy atom. The van der Waals surface area contributed by atoms with E-state index in [2.05, 4.69) is 231 Å². The van der Waals surface area contributed by atoms with Crippen LogP contribution in [-0.2, 0) is 0 Å². The second kappa shape index (κ2) is 15.3. The van der Waals surface area contributed by atoms with E-state index in [0.29, 0.717) is 0 Å². The molecular weight excluding hydrogens is 639 g/mol. The molecule has 0 aliphatic heterocycles. The number of nitrogens with zero attached hydrogens (tertiary/aromatic N) is 1. The smallest absolute Gasteiger partial charge is 0.0462 e. The number of fused-ring (bicyclic) bond motifs is 1. The van der Waals surface area contributed by atoms with E-state index in [9.17, 15) is 0 Å². The van der Waals surface area contributed by atoms with Gasteiger partial charge in [0.05, 0.1) is 0 Å². The molecule has 0 bridgehead atoms. The number of hydrogen-bond donors (Lipinski definition) is 0. The molecule has 8 aromatic rings. The number of anilines is 3. The van der Waals surface area contributed by atoms with Crippen LogP contribution in [0.4, 0.5) is 17.1 Å². The van der Waals surface area contributed by atoms with Crippen LogP contribution in [0.3, 0.4) is 0 Å². The summed E-state index contributed by atoms with van der Waals surface area (Å²) in [5.41, 5.74) is 15.5. The maximum absolute atomic E-state index is 2.34. The summed E-state index contributed by atoms with van der Waals surface area (Å²) in [6, 6.07) is 71.8. The molecule has 0 unspecified atom stereocenters. The minimum atomic E-state index is 1.11. The zero-order valence-electron chi connectivity index (χ0n) is 30.2. The molecule has 1 nitrogen and oxygen atoms in total. The zero-order valence-corrected chi connectivity index (χ0v) is 30.2. The van der Waals surface area contributed by atoms with Crippen molar-refractivity contribution >= 4 is 39.0 Å². The topological polar surface area (TPSA) is 3.24 Å². The van der Waals surface area contributed by atoms with Crippen molar-refractivity contribution in [2.45, 2.75) is 13.8 Å². The van der Waals surface area contributed by atoms with Gasteiger partial charge < -0.3 is 4.90 Å². The third kappa shape index (κ3) is 7.52. The van der Waals surface area contributed by atoms with Crippen LogP contribution in [-0.4, -0.2) is 0 Å². The fourth-order valence-corrected chi connectivity index (χ4v) is 6.92. The lowest BCUT2D eigenvalue weighted by Gasteiger charge is -2.26. The van der Waals surface area contributed by atoms with Crippen LogP contribution in [0.1, 0.15) is 25.0 Å². The highest BCUT2D eigenvalue weighted by Gasteiger charge is 2.14. The number of allylic oxidation sites excluding steroid dienone is 4. The van der Waals surface area contributed by atoms with Gasteiger partial charge in [0.2, 0.25) is 0 Å². The third-order valence-corrected chi connectivity index (χ3v) is 10.1. The summed E-state index contributed by atoms with van der Waals surface area (Å²) in [6.07, 6.45) is 4.45. The first-order chi connectivity index (χ1) is 26.1. The Hall–Kier alpha value is -6.70. The molecule has 8 rings (SSSR count). The normalized spacial score (nSPS) is 11.8. The van der Waals surface area contributed by atoms with Gasteiger partial charge in [-0.3, -0.25) is 0 Å². The van der Waals surface area contributed by atoms with E-state index < -0.39 is 0 Å². The first kappa shape index (κ1) is 33.4. The fraction of sp³-hybridized carbons (Fsp3) is 0.0385. The Kier molecular flexibility index (Phi) is 9.64. The molecule has 0 amide bonds. The van der Waals surface area contributed by atoms with Gasteiger partial charge in [0.25, 0.3) is 0 Å². The van der Waals surface area contributed by atoms with Gasteiger partial charge in [-0.05, 0) is 123 Å². The van der Waals surface area contributed by atoms with Crippen molar-refractivity contribution in [3.8, 4) is 33.4 Å². The largest absolute Gasteiger partial charge is 0.311 e. The van der Waals surface area contributed by atoms with Crippen molar-refractivity contribution in [2.75, 3.05) is 4.90 Å². The Morgan fingerprint density at radius 2 is 0.660 bits per heavy atom. The predicted octanol–water partition coefficient (Wildman–Crippen LogP) is 14.8. The molecule has 0 aliphatic carbocycles. The molecule has 8 aromatic carbocycles. The van der Waals surface area contributed by atoms with E-state index in [1.807, 2.05) is 0 Å². The number of rotatable bonds is 9. The molecule has 0 saturated heterocycles. The standard InChI is InChI=1S/C52H41N/c1-38(17-18-39(2)48-24-23-43-15-9-10-16-49(43)37-48)40-25-31-50(32-26-40)53(51-33-27-46(28-34-51)42-13-7-4-8-14-42)52-35-29-47(30-36-52)45-21-19-44(20-22-45)41-11-5-3-6-12-41/h3-37H,1-2H3/b38-17+,39-18+. The van der Waals surface area contributed by atoms with Gasteiger partial charge in [-0.1, -0.05) is 170 Å². The molecule has 0 aliphatic rings. The first-order valence-corrected chi connectivity index (χ1v) is 18.3. The van der Waals surface area contributed by atoms with Gasteiger partial charge in [0, 0.05) is 17.1 Å². The molecule has 0 atom stereocenters. The van der Waals surface area contributed by atoms with Gasteiger partial charge in [-0.25, -0.2) is 0 Å². The second-order valence-electron chi connectivity index (χ2n) is 13.5. The molecule has 254 valence electrons. The summed E-state index contributed by atoms with van der Waals surface area (Å²) in [7, 11) is 0. The van der Waals surface area contributed by atoms with E-state index in [0.717, 1.165) is 17.1 Å². The fourth-order valence-electron chi connectivity index (χ4n) is 6.92. The molecule has 0 N–H and O–H groups in total. The first-order valence-electron chi connectivity index (χ1n) is 18.3. The molecule has 0 radical (unpaired) electrons. The monoisotopic (exact) mass is 679 g/mol. The van der Waals surface area contributed by atoms with Gasteiger partial charge in [-0.2, -0.15) is 0 Å². The van der Waals surface area contributed by atoms with Crippen LogP contribution in [0.2, 0.25) is 0 Å². The van der Waals surface area contributed by atoms with Crippen LogP contribution in [0, 0.1) is 0 Å². The van der Waals surface area contributed by atoms with Crippen LogP contribution in [0.25, 0.3) is 55.3 Å². The molecule has 1 heteroatoms. The predicted molar refractivity (Wildman–Crippen MR) is 229 cm³/mol. The zero-order chi connectivity index (χ0) is 36.0. The maximum Gasteiger partial charge on any atom is 0.0462 e. The summed E-state index contributed by atoms with van der Waals surface area (Å²) in [6.45, 7) is 4.37. The van der Waals surface area contributed by atoms with Gasteiger partial charge in [-0.15, -0.1) is 0 Å². The lowest BCUT2D eigenvalue weighted by molar-refractivity contribution is 1.28. The van der Waals surface area contributed by atoms with Gasteiger partial charge in [0.1, 0.15) is 0 Å². The van der Waals surface area contributed by atoms with Crippen molar-refractivity contribution in [1.29, 1.82) is 0 Å². The van der Waals surface area contributed by atoms with Crippen molar-refractivity contribution < 1.29 is 0 Å². The summed E-state index contributed by atoms with van der Waals surface area (Å²) in [5.74, 6) is 0.